The monoisotopic (exact) mass is 695 g/mol. The fourth-order valence-electron chi connectivity index (χ4n) is 4.00. The molecule has 240 valence electrons. The Morgan fingerprint density at radius 3 is 2.40 bits per heavy atom. The van der Waals surface area contributed by atoms with Crippen LogP contribution in [0.15, 0.2) is 42.5 Å². The van der Waals surface area contributed by atoms with E-state index < -0.39 is 42.8 Å². The minimum absolute atomic E-state index is 0.0199. The number of carbonyl (C=O) groups is 2. The van der Waals surface area contributed by atoms with Gasteiger partial charge in [0, 0.05) is 25.3 Å². The highest BCUT2D eigenvalue weighted by Gasteiger charge is 2.41. The molecule has 8 nitrogen and oxygen atoms in total. The van der Waals surface area contributed by atoms with Crippen LogP contribution in [0.25, 0.3) is 11.0 Å². The summed E-state index contributed by atoms with van der Waals surface area (Å²) in [6, 6.07) is 8.90. The SMILES string of the molecule is CC(C(=O)NCc1ccc(Cl)c(Nc2nc3cc(C(=O)Nc4ccc(F)c(Cl)c4)c(OCC(F)F)cc3n2C)c1Cl)C(F)(F)F. The molecule has 17 heteroatoms. The first-order valence-electron chi connectivity index (χ1n) is 12.8. The topological polar surface area (TPSA) is 97.3 Å². The van der Waals surface area contributed by atoms with Crippen molar-refractivity contribution in [3.8, 4) is 5.75 Å². The molecule has 3 aromatic carbocycles. The maximum absolute atomic E-state index is 13.6. The summed E-state index contributed by atoms with van der Waals surface area (Å²) in [4.78, 5) is 29.5. The Balaban J connectivity index is 1.66. The average molecular weight is 697 g/mol. The van der Waals surface area contributed by atoms with Crippen molar-refractivity contribution in [2.24, 2.45) is 13.0 Å². The van der Waals surface area contributed by atoms with Crippen molar-refractivity contribution in [3.05, 3.63) is 74.5 Å². The first-order valence-corrected chi connectivity index (χ1v) is 14.0. The van der Waals surface area contributed by atoms with E-state index in [9.17, 15) is 35.9 Å². The summed E-state index contributed by atoms with van der Waals surface area (Å²) in [5, 5.41) is 7.45. The Kier molecular flexibility index (Phi) is 10.3. The Morgan fingerprint density at radius 2 is 1.76 bits per heavy atom. The van der Waals surface area contributed by atoms with Crippen LogP contribution in [0.1, 0.15) is 22.8 Å². The van der Waals surface area contributed by atoms with Crippen LogP contribution in [0.4, 0.5) is 43.7 Å². The van der Waals surface area contributed by atoms with Crippen molar-refractivity contribution in [3.63, 3.8) is 0 Å². The first-order chi connectivity index (χ1) is 21.1. The van der Waals surface area contributed by atoms with E-state index in [-0.39, 0.29) is 61.3 Å². The van der Waals surface area contributed by atoms with Gasteiger partial charge in [0.25, 0.3) is 12.3 Å². The van der Waals surface area contributed by atoms with Gasteiger partial charge in [-0.25, -0.2) is 18.2 Å². The number of rotatable bonds is 10. The highest BCUT2D eigenvalue weighted by atomic mass is 35.5. The molecule has 0 aliphatic carbocycles. The van der Waals surface area contributed by atoms with Crippen molar-refractivity contribution in [1.82, 2.24) is 14.9 Å². The van der Waals surface area contributed by atoms with Crippen molar-refractivity contribution in [2.75, 3.05) is 17.2 Å². The van der Waals surface area contributed by atoms with Gasteiger partial charge in [0.1, 0.15) is 24.1 Å². The number of aryl methyl sites for hydroxylation is 1. The molecule has 0 radical (unpaired) electrons. The van der Waals surface area contributed by atoms with Crippen LogP contribution >= 0.6 is 34.8 Å². The molecule has 1 aromatic heterocycles. The van der Waals surface area contributed by atoms with Crippen LogP contribution in [-0.4, -0.2) is 40.6 Å². The molecule has 4 aromatic rings. The predicted octanol–water partition coefficient (Wildman–Crippen LogP) is 8.13. The minimum Gasteiger partial charge on any atom is -0.487 e. The molecule has 2 amide bonds. The summed E-state index contributed by atoms with van der Waals surface area (Å²) >= 11 is 18.6. The van der Waals surface area contributed by atoms with Crippen molar-refractivity contribution >= 4 is 75.0 Å². The molecule has 0 saturated carbocycles. The summed E-state index contributed by atoms with van der Waals surface area (Å²) in [5.41, 5.74) is 0.849. The number of nitrogens with one attached hydrogen (secondary N) is 3. The number of hydrogen-bond donors (Lipinski definition) is 3. The van der Waals surface area contributed by atoms with E-state index in [1.165, 1.54) is 41.0 Å². The van der Waals surface area contributed by atoms with Gasteiger partial charge in [-0.15, -0.1) is 0 Å². The van der Waals surface area contributed by atoms with Crippen LogP contribution in [-0.2, 0) is 18.4 Å². The summed E-state index contributed by atoms with van der Waals surface area (Å²) in [5.74, 6) is -5.07. The third kappa shape index (κ3) is 7.86. The molecule has 0 bridgehead atoms. The maximum Gasteiger partial charge on any atom is 0.400 e. The van der Waals surface area contributed by atoms with Gasteiger partial charge in [-0.3, -0.25) is 9.59 Å². The number of nitrogens with zero attached hydrogens (tertiary/aromatic N) is 2. The molecule has 0 aliphatic rings. The van der Waals surface area contributed by atoms with E-state index >= 15 is 0 Å². The number of amides is 2. The van der Waals surface area contributed by atoms with Crippen molar-refractivity contribution in [2.45, 2.75) is 26.1 Å². The fraction of sp³-hybridized carbons (Fsp3) is 0.250. The zero-order chi connectivity index (χ0) is 33.2. The lowest BCUT2D eigenvalue weighted by Crippen LogP contribution is -2.37. The number of alkyl halides is 5. The number of anilines is 3. The molecule has 4 rings (SSSR count). The molecule has 1 atom stereocenters. The zero-order valence-electron chi connectivity index (χ0n) is 23.1. The lowest BCUT2D eigenvalue weighted by atomic mass is 10.1. The minimum atomic E-state index is -4.72. The number of carbonyl (C=O) groups excluding carboxylic acids is 2. The molecule has 1 unspecified atom stereocenters. The van der Waals surface area contributed by atoms with Crippen LogP contribution in [0.2, 0.25) is 15.1 Å². The second-order valence-corrected chi connectivity index (χ2v) is 10.8. The van der Waals surface area contributed by atoms with E-state index in [4.69, 9.17) is 39.5 Å². The Hall–Kier alpha value is -3.88. The molecule has 0 aliphatic heterocycles. The molecule has 0 spiro atoms. The van der Waals surface area contributed by atoms with E-state index in [0.29, 0.717) is 5.52 Å². The molecule has 0 fully saturated rings. The third-order valence-electron chi connectivity index (χ3n) is 6.51. The van der Waals surface area contributed by atoms with E-state index in [1.54, 1.807) is 7.05 Å². The van der Waals surface area contributed by atoms with Gasteiger partial charge in [0.15, 0.2) is 0 Å². The zero-order valence-corrected chi connectivity index (χ0v) is 25.4. The smallest absolute Gasteiger partial charge is 0.400 e. The predicted molar refractivity (Wildman–Crippen MR) is 158 cm³/mol. The quantitative estimate of drug-likeness (QED) is 0.146. The van der Waals surface area contributed by atoms with Gasteiger partial charge in [0.2, 0.25) is 11.9 Å². The summed E-state index contributed by atoms with van der Waals surface area (Å²) < 4.78 is 85.0. The van der Waals surface area contributed by atoms with Crippen LogP contribution in [0.3, 0.4) is 0 Å². The van der Waals surface area contributed by atoms with E-state index in [1.807, 2.05) is 0 Å². The summed E-state index contributed by atoms with van der Waals surface area (Å²) in [6.07, 6.45) is -7.57. The average Bonchev–Trinajstić information content (AvgIpc) is 3.27. The van der Waals surface area contributed by atoms with Gasteiger partial charge >= 0.3 is 6.18 Å². The largest absolute Gasteiger partial charge is 0.487 e. The van der Waals surface area contributed by atoms with Gasteiger partial charge in [0.05, 0.1) is 37.4 Å². The Morgan fingerprint density at radius 1 is 1.04 bits per heavy atom. The maximum atomic E-state index is 13.6. The number of benzene rings is 3. The summed E-state index contributed by atoms with van der Waals surface area (Å²) in [6.45, 7) is -0.628. The van der Waals surface area contributed by atoms with Crippen LogP contribution < -0.4 is 20.7 Å². The van der Waals surface area contributed by atoms with E-state index in [0.717, 1.165) is 13.0 Å². The van der Waals surface area contributed by atoms with Gasteiger partial charge < -0.3 is 25.3 Å². The number of fused-ring (bicyclic) bond motifs is 1. The second kappa shape index (κ2) is 13.6. The highest BCUT2D eigenvalue weighted by molar-refractivity contribution is 6.39. The molecule has 45 heavy (non-hydrogen) atoms. The van der Waals surface area contributed by atoms with Gasteiger partial charge in [-0.1, -0.05) is 40.9 Å². The van der Waals surface area contributed by atoms with Crippen LogP contribution in [0.5, 0.6) is 5.75 Å². The highest BCUT2D eigenvalue weighted by Crippen LogP contribution is 2.37. The van der Waals surface area contributed by atoms with Gasteiger partial charge in [-0.2, -0.15) is 13.2 Å². The number of ether oxygens (including phenoxy) is 1. The normalized spacial score (nSPS) is 12.4. The number of imidazole rings is 1. The first kappa shape index (κ1) is 34.0. The fourth-order valence-corrected chi connectivity index (χ4v) is 4.71. The number of aromatic nitrogens is 2. The number of hydrogen-bond acceptors (Lipinski definition) is 5. The molecule has 1 heterocycles. The molecular formula is C28H22Cl3F6N5O3. The third-order valence-corrected chi connectivity index (χ3v) is 7.55. The standard InChI is InChI=1S/C28H22Cl3F6N5O3/c1-12(28(35,36)37)25(43)38-10-13-3-5-16(29)24(23(13)31)41-27-40-19-8-15(21(45-11-22(33)34)9-20(19)42(27)2)26(44)39-14-4-6-18(32)17(30)7-14/h3-9,12,22H,10-11H2,1-2H3,(H,38,43)(H,39,44)(H,40,41). The lowest BCUT2D eigenvalue weighted by molar-refractivity contribution is -0.178. The Labute approximate surface area is 266 Å². The number of halogens is 9. The van der Waals surface area contributed by atoms with E-state index in [2.05, 4.69) is 20.9 Å². The van der Waals surface area contributed by atoms with Crippen molar-refractivity contribution < 1.29 is 40.7 Å². The van der Waals surface area contributed by atoms with Gasteiger partial charge in [-0.05, 0) is 42.8 Å². The molecular weight excluding hydrogens is 675 g/mol. The molecule has 0 saturated heterocycles. The van der Waals surface area contributed by atoms with Crippen LogP contribution in [0, 0.1) is 11.7 Å². The lowest BCUT2D eigenvalue weighted by Gasteiger charge is -2.17. The second-order valence-electron chi connectivity index (χ2n) is 9.62. The Bertz CT molecular complexity index is 1770. The summed E-state index contributed by atoms with van der Waals surface area (Å²) in [7, 11) is 1.55. The molecule has 3 N–H and O–H groups in total. The van der Waals surface area contributed by atoms with Crippen molar-refractivity contribution in [1.29, 1.82) is 0 Å².